The summed E-state index contributed by atoms with van der Waals surface area (Å²) < 4.78 is 5.14. The number of hydrogen-bond acceptors (Lipinski definition) is 3. The molecule has 3 aliphatic rings. The van der Waals surface area contributed by atoms with Crippen molar-refractivity contribution < 1.29 is 9.53 Å². The molecule has 0 radical (unpaired) electrons. The van der Waals surface area contributed by atoms with E-state index in [0.29, 0.717) is 11.8 Å². The van der Waals surface area contributed by atoms with Crippen LogP contribution in [0, 0.1) is 17.8 Å². The predicted molar refractivity (Wildman–Crippen MR) is 97.0 cm³/mol. The molecule has 5 rings (SSSR count). The van der Waals surface area contributed by atoms with E-state index in [1.165, 1.54) is 42.2 Å². The van der Waals surface area contributed by atoms with Gasteiger partial charge in [0.05, 0.1) is 19.1 Å². The molecule has 2 bridgehead atoms. The highest BCUT2D eigenvalue weighted by Gasteiger charge is 2.52. The molecule has 0 aromatic heterocycles. The average molecular weight is 333 g/mol. The Bertz CT molecular complexity index is 785. The summed E-state index contributed by atoms with van der Waals surface area (Å²) in [5, 5.41) is 3.89. The molecule has 0 amide bonds. The van der Waals surface area contributed by atoms with Crippen LogP contribution in [0.1, 0.15) is 36.4 Å². The second kappa shape index (κ2) is 5.70. The van der Waals surface area contributed by atoms with Crippen LogP contribution in [0.2, 0.25) is 0 Å². The Morgan fingerprint density at radius 2 is 1.56 bits per heavy atom. The van der Waals surface area contributed by atoms with Crippen molar-refractivity contribution in [3.05, 3.63) is 59.7 Å². The summed E-state index contributed by atoms with van der Waals surface area (Å²) in [4.78, 5) is 12.4. The second-order valence-electron chi connectivity index (χ2n) is 7.68. The number of benzene rings is 2. The maximum absolute atomic E-state index is 12.4. The molecule has 0 unspecified atom stereocenters. The molecule has 2 saturated carbocycles. The number of nitrogens with one attached hydrogen (secondary N) is 1. The summed E-state index contributed by atoms with van der Waals surface area (Å²) in [6.45, 7) is 0. The van der Waals surface area contributed by atoms with Gasteiger partial charge in [0.1, 0.15) is 0 Å². The third kappa shape index (κ3) is 2.18. The summed E-state index contributed by atoms with van der Waals surface area (Å²) in [6.07, 6.45) is 3.56. The van der Waals surface area contributed by atoms with Crippen molar-refractivity contribution >= 4 is 5.97 Å². The first-order valence-electron chi connectivity index (χ1n) is 9.30. The standard InChI is InChI=1S/C22H23NO2/c1-25-22(24)19-13-10-11-14(12-13)20(19)23-21-17-8-4-2-6-15(17)16-7-3-5-9-18(16)21/h2-9,13-14,19-21,23H,10-12H2,1H3/t13-,14-,19-,20+/m0/s1. The van der Waals surface area contributed by atoms with E-state index in [4.69, 9.17) is 4.74 Å². The fraction of sp³-hybridized carbons (Fsp3) is 0.409. The molecule has 25 heavy (non-hydrogen) atoms. The van der Waals surface area contributed by atoms with Crippen molar-refractivity contribution in [2.75, 3.05) is 7.11 Å². The van der Waals surface area contributed by atoms with Gasteiger partial charge in [0.25, 0.3) is 0 Å². The minimum Gasteiger partial charge on any atom is -0.469 e. The molecule has 0 saturated heterocycles. The summed E-state index contributed by atoms with van der Waals surface area (Å²) >= 11 is 0. The number of ether oxygens (including phenoxy) is 1. The summed E-state index contributed by atoms with van der Waals surface area (Å²) in [6, 6.07) is 17.7. The van der Waals surface area contributed by atoms with Crippen LogP contribution in [0.25, 0.3) is 11.1 Å². The van der Waals surface area contributed by atoms with E-state index in [9.17, 15) is 4.79 Å². The lowest BCUT2D eigenvalue weighted by molar-refractivity contribution is -0.148. The molecule has 1 N–H and O–H groups in total. The first kappa shape index (κ1) is 15.2. The normalized spacial score (nSPS) is 29.5. The van der Waals surface area contributed by atoms with Crippen molar-refractivity contribution in [1.82, 2.24) is 5.32 Å². The number of methoxy groups -OCH3 is 1. The van der Waals surface area contributed by atoms with Crippen LogP contribution in [0.5, 0.6) is 0 Å². The third-order valence-electron chi connectivity index (χ3n) is 6.58. The molecule has 2 aromatic carbocycles. The van der Waals surface area contributed by atoms with Gasteiger partial charge in [-0.3, -0.25) is 4.79 Å². The molecule has 128 valence electrons. The van der Waals surface area contributed by atoms with Gasteiger partial charge in [-0.1, -0.05) is 48.5 Å². The molecule has 3 aliphatic carbocycles. The lowest BCUT2D eigenvalue weighted by Crippen LogP contribution is -2.46. The summed E-state index contributed by atoms with van der Waals surface area (Å²) in [7, 11) is 1.52. The highest BCUT2D eigenvalue weighted by atomic mass is 16.5. The van der Waals surface area contributed by atoms with Crippen molar-refractivity contribution in [3.8, 4) is 11.1 Å². The van der Waals surface area contributed by atoms with E-state index in [-0.39, 0.29) is 24.0 Å². The Balaban J connectivity index is 1.53. The predicted octanol–water partition coefficient (Wildman–Crippen LogP) is 3.93. The Morgan fingerprint density at radius 3 is 2.20 bits per heavy atom. The number of hydrogen-bond donors (Lipinski definition) is 1. The number of carbonyl (C=O) groups is 1. The molecule has 0 spiro atoms. The number of rotatable bonds is 3. The van der Waals surface area contributed by atoms with Gasteiger partial charge in [-0.05, 0) is 53.4 Å². The second-order valence-corrected chi connectivity index (χ2v) is 7.68. The van der Waals surface area contributed by atoms with E-state index >= 15 is 0 Å². The van der Waals surface area contributed by atoms with Gasteiger partial charge >= 0.3 is 5.97 Å². The van der Waals surface area contributed by atoms with Crippen LogP contribution in [0.3, 0.4) is 0 Å². The maximum Gasteiger partial charge on any atom is 0.310 e. The maximum atomic E-state index is 12.4. The Hall–Kier alpha value is -2.13. The van der Waals surface area contributed by atoms with Crippen molar-refractivity contribution in [3.63, 3.8) is 0 Å². The summed E-state index contributed by atoms with van der Waals surface area (Å²) in [5.41, 5.74) is 5.28. The van der Waals surface area contributed by atoms with Crippen LogP contribution in [0.15, 0.2) is 48.5 Å². The van der Waals surface area contributed by atoms with Crippen molar-refractivity contribution in [2.24, 2.45) is 17.8 Å². The molecule has 2 fully saturated rings. The third-order valence-corrected chi connectivity index (χ3v) is 6.58. The minimum absolute atomic E-state index is 0.00340. The smallest absolute Gasteiger partial charge is 0.310 e. The zero-order valence-electron chi connectivity index (χ0n) is 14.4. The van der Waals surface area contributed by atoms with E-state index in [1.54, 1.807) is 0 Å². The number of fused-ring (bicyclic) bond motifs is 5. The van der Waals surface area contributed by atoms with Gasteiger partial charge < -0.3 is 10.1 Å². The molecule has 3 nitrogen and oxygen atoms in total. The fourth-order valence-corrected chi connectivity index (χ4v) is 5.53. The molecule has 4 atom stereocenters. The summed E-state index contributed by atoms with van der Waals surface area (Å²) in [5.74, 6) is 1.05. The van der Waals surface area contributed by atoms with Crippen LogP contribution in [-0.2, 0) is 9.53 Å². The van der Waals surface area contributed by atoms with E-state index in [1.807, 2.05) is 0 Å². The van der Waals surface area contributed by atoms with Gasteiger partial charge in [-0.15, -0.1) is 0 Å². The molecular formula is C22H23NO2. The highest BCUT2D eigenvalue weighted by Crippen LogP contribution is 2.51. The SMILES string of the molecule is COC(=O)[C@H]1[C@H]2CC[C@@H](C2)[C@H]1NC1c2ccccc2-c2ccccc21. The average Bonchev–Trinajstić information content (AvgIpc) is 3.34. The molecule has 0 heterocycles. The topological polar surface area (TPSA) is 38.3 Å². The van der Waals surface area contributed by atoms with Gasteiger partial charge in [-0.2, -0.15) is 0 Å². The molecule has 3 heteroatoms. The van der Waals surface area contributed by atoms with Gasteiger partial charge in [0.15, 0.2) is 0 Å². The van der Waals surface area contributed by atoms with E-state index in [0.717, 1.165) is 6.42 Å². The number of esters is 1. The van der Waals surface area contributed by atoms with Gasteiger partial charge in [0, 0.05) is 6.04 Å². The fourth-order valence-electron chi connectivity index (χ4n) is 5.53. The highest BCUT2D eigenvalue weighted by molar-refractivity contribution is 5.79. The van der Waals surface area contributed by atoms with Gasteiger partial charge in [-0.25, -0.2) is 0 Å². The van der Waals surface area contributed by atoms with Crippen LogP contribution in [0.4, 0.5) is 0 Å². The molecule has 0 aliphatic heterocycles. The van der Waals surface area contributed by atoms with E-state index < -0.39 is 0 Å². The van der Waals surface area contributed by atoms with Crippen LogP contribution in [-0.4, -0.2) is 19.1 Å². The molecular weight excluding hydrogens is 310 g/mol. The van der Waals surface area contributed by atoms with Crippen molar-refractivity contribution in [2.45, 2.75) is 31.3 Å². The number of carbonyl (C=O) groups excluding carboxylic acids is 1. The van der Waals surface area contributed by atoms with E-state index in [2.05, 4.69) is 53.8 Å². The monoisotopic (exact) mass is 333 g/mol. The Labute approximate surface area is 148 Å². The Kier molecular flexibility index (Phi) is 3.46. The van der Waals surface area contributed by atoms with Crippen LogP contribution >= 0.6 is 0 Å². The quantitative estimate of drug-likeness (QED) is 0.865. The first-order valence-corrected chi connectivity index (χ1v) is 9.30. The largest absolute Gasteiger partial charge is 0.469 e. The minimum atomic E-state index is -0.0377. The molecule has 2 aromatic rings. The van der Waals surface area contributed by atoms with Crippen molar-refractivity contribution in [1.29, 1.82) is 0 Å². The zero-order valence-corrected chi connectivity index (χ0v) is 14.4. The zero-order chi connectivity index (χ0) is 17.0. The lowest BCUT2D eigenvalue weighted by atomic mass is 9.83. The first-order chi connectivity index (χ1) is 12.3. The Morgan fingerprint density at radius 1 is 0.960 bits per heavy atom. The lowest BCUT2D eigenvalue weighted by Gasteiger charge is -2.33. The van der Waals surface area contributed by atoms with Crippen LogP contribution < -0.4 is 5.32 Å². The van der Waals surface area contributed by atoms with Gasteiger partial charge in [0.2, 0.25) is 0 Å².